The summed E-state index contributed by atoms with van der Waals surface area (Å²) in [6.07, 6.45) is 3.09. The number of para-hydroxylation sites is 1. The predicted molar refractivity (Wildman–Crippen MR) is 98.4 cm³/mol. The first kappa shape index (κ1) is 19.0. The van der Waals surface area contributed by atoms with Gasteiger partial charge in [0, 0.05) is 7.05 Å². The molecule has 2 aromatic rings. The van der Waals surface area contributed by atoms with Crippen LogP contribution in [0.1, 0.15) is 35.7 Å². The van der Waals surface area contributed by atoms with E-state index in [1.807, 2.05) is 12.1 Å². The highest BCUT2D eigenvalue weighted by atomic mass is 32.2. The molecule has 0 bridgehead atoms. The van der Waals surface area contributed by atoms with Gasteiger partial charge in [-0.1, -0.05) is 37.6 Å². The highest BCUT2D eigenvalue weighted by molar-refractivity contribution is 7.92. The van der Waals surface area contributed by atoms with Crippen LogP contribution in [0, 0.1) is 0 Å². The number of benzene rings is 2. The van der Waals surface area contributed by atoms with E-state index in [0.717, 1.165) is 29.1 Å². The Hall–Kier alpha value is -2.34. The number of hydrogen-bond donors (Lipinski definition) is 0. The molecule has 25 heavy (non-hydrogen) atoms. The third kappa shape index (κ3) is 4.20. The Morgan fingerprint density at radius 1 is 1.08 bits per heavy atom. The van der Waals surface area contributed by atoms with Crippen molar-refractivity contribution in [2.24, 2.45) is 0 Å². The van der Waals surface area contributed by atoms with Crippen molar-refractivity contribution >= 4 is 21.7 Å². The summed E-state index contributed by atoms with van der Waals surface area (Å²) in [4.78, 5) is 12.1. The number of ether oxygens (including phenoxy) is 1. The molecule has 0 amide bonds. The Morgan fingerprint density at radius 3 is 2.32 bits per heavy atom. The minimum Gasteiger partial charge on any atom is -0.465 e. The summed E-state index contributed by atoms with van der Waals surface area (Å²) in [5, 5.41) is 0. The van der Waals surface area contributed by atoms with Crippen LogP contribution in [0.3, 0.4) is 0 Å². The molecule has 0 atom stereocenters. The number of unbranched alkanes of at least 4 members (excludes halogenated alkanes) is 1. The van der Waals surface area contributed by atoms with Crippen LogP contribution in [0.4, 0.5) is 5.69 Å². The number of nitrogens with zero attached hydrogens (tertiary/aromatic N) is 1. The zero-order chi connectivity index (χ0) is 18.4. The van der Waals surface area contributed by atoms with Crippen molar-refractivity contribution in [2.45, 2.75) is 31.1 Å². The van der Waals surface area contributed by atoms with Crippen molar-refractivity contribution in [1.29, 1.82) is 0 Å². The van der Waals surface area contributed by atoms with Gasteiger partial charge in [-0.3, -0.25) is 4.31 Å². The van der Waals surface area contributed by atoms with Gasteiger partial charge in [-0.05, 0) is 42.7 Å². The molecule has 0 aliphatic carbocycles. The number of anilines is 1. The minimum absolute atomic E-state index is 0.190. The Kier molecular flexibility index (Phi) is 6.20. The lowest BCUT2D eigenvalue weighted by Gasteiger charge is -2.21. The van der Waals surface area contributed by atoms with Crippen LogP contribution >= 0.6 is 0 Å². The van der Waals surface area contributed by atoms with Crippen LogP contribution < -0.4 is 4.31 Å². The van der Waals surface area contributed by atoms with Gasteiger partial charge >= 0.3 is 5.97 Å². The average Bonchev–Trinajstić information content (AvgIpc) is 2.65. The minimum atomic E-state index is -3.77. The molecule has 0 unspecified atom stereocenters. The van der Waals surface area contributed by atoms with E-state index < -0.39 is 16.0 Å². The number of carbonyl (C=O) groups excluding carboxylic acids is 1. The largest absolute Gasteiger partial charge is 0.465 e. The first-order valence-electron chi connectivity index (χ1n) is 8.17. The lowest BCUT2D eigenvalue weighted by molar-refractivity contribution is 0.0601. The second kappa shape index (κ2) is 8.16. The van der Waals surface area contributed by atoms with E-state index >= 15 is 0 Å². The van der Waals surface area contributed by atoms with Gasteiger partial charge in [-0.2, -0.15) is 0 Å². The first-order chi connectivity index (χ1) is 11.9. The lowest BCUT2D eigenvalue weighted by atomic mass is 10.1. The molecule has 0 heterocycles. The second-order valence-corrected chi connectivity index (χ2v) is 7.70. The standard InChI is InChI=1S/C19H23NO4S/c1-4-5-8-15-11-13-16(14-12-15)25(22,23)20(2)18-10-7-6-9-17(18)19(21)24-3/h6-7,9-14H,4-5,8H2,1-3H3. The molecule has 0 aliphatic rings. The van der Waals surface area contributed by atoms with Crippen molar-refractivity contribution < 1.29 is 17.9 Å². The van der Waals surface area contributed by atoms with E-state index in [4.69, 9.17) is 4.74 Å². The van der Waals surface area contributed by atoms with Crippen molar-refractivity contribution in [3.8, 4) is 0 Å². The number of esters is 1. The van der Waals surface area contributed by atoms with Crippen LogP contribution in [-0.2, 0) is 21.2 Å². The maximum atomic E-state index is 12.9. The summed E-state index contributed by atoms with van der Waals surface area (Å²) in [5.74, 6) is -0.576. The monoisotopic (exact) mass is 361 g/mol. The van der Waals surface area contributed by atoms with Crippen LogP contribution in [0.2, 0.25) is 0 Å². The molecular formula is C19H23NO4S. The van der Waals surface area contributed by atoms with E-state index in [1.54, 1.807) is 36.4 Å². The van der Waals surface area contributed by atoms with Gasteiger partial charge in [0.05, 0.1) is 23.3 Å². The number of carbonyl (C=O) groups is 1. The normalized spacial score (nSPS) is 11.2. The number of rotatable bonds is 7. The van der Waals surface area contributed by atoms with Gasteiger partial charge in [-0.25, -0.2) is 13.2 Å². The summed E-state index contributed by atoms with van der Waals surface area (Å²) in [6, 6.07) is 13.4. The topological polar surface area (TPSA) is 63.7 Å². The maximum absolute atomic E-state index is 12.9. The van der Waals surface area contributed by atoms with Crippen LogP contribution in [-0.4, -0.2) is 28.5 Å². The van der Waals surface area contributed by atoms with Crippen molar-refractivity contribution in [1.82, 2.24) is 0 Å². The van der Waals surface area contributed by atoms with E-state index in [0.29, 0.717) is 0 Å². The number of hydrogen-bond acceptors (Lipinski definition) is 4. The van der Waals surface area contributed by atoms with E-state index in [-0.39, 0.29) is 16.1 Å². The van der Waals surface area contributed by atoms with E-state index in [2.05, 4.69) is 6.92 Å². The quantitative estimate of drug-likeness (QED) is 0.706. The maximum Gasteiger partial charge on any atom is 0.340 e. The number of aryl methyl sites for hydroxylation is 1. The molecule has 2 rings (SSSR count). The smallest absolute Gasteiger partial charge is 0.340 e. The van der Waals surface area contributed by atoms with Crippen molar-refractivity contribution in [3.05, 3.63) is 59.7 Å². The number of methoxy groups -OCH3 is 1. The summed E-state index contributed by atoms with van der Waals surface area (Å²) < 4.78 is 31.6. The molecule has 134 valence electrons. The lowest BCUT2D eigenvalue weighted by Crippen LogP contribution is -2.28. The Labute approximate surface area is 149 Å². The zero-order valence-electron chi connectivity index (χ0n) is 14.7. The van der Waals surface area contributed by atoms with Gasteiger partial charge in [0.2, 0.25) is 0 Å². The van der Waals surface area contributed by atoms with Crippen molar-refractivity contribution in [3.63, 3.8) is 0 Å². The first-order valence-corrected chi connectivity index (χ1v) is 9.61. The molecular weight excluding hydrogens is 338 g/mol. The molecule has 0 fully saturated rings. The number of sulfonamides is 1. The fourth-order valence-electron chi connectivity index (χ4n) is 2.53. The zero-order valence-corrected chi connectivity index (χ0v) is 15.5. The molecule has 0 N–H and O–H groups in total. The highest BCUT2D eigenvalue weighted by Gasteiger charge is 2.25. The van der Waals surface area contributed by atoms with E-state index in [9.17, 15) is 13.2 Å². The second-order valence-electron chi connectivity index (χ2n) is 5.73. The predicted octanol–water partition coefficient (Wildman–Crippen LogP) is 3.64. The SMILES string of the molecule is CCCCc1ccc(S(=O)(=O)N(C)c2ccccc2C(=O)OC)cc1. The Balaban J connectivity index is 2.35. The van der Waals surface area contributed by atoms with Crippen molar-refractivity contribution in [2.75, 3.05) is 18.5 Å². The van der Waals surface area contributed by atoms with Gasteiger partial charge in [-0.15, -0.1) is 0 Å². The average molecular weight is 361 g/mol. The van der Waals surface area contributed by atoms with Gasteiger partial charge < -0.3 is 4.74 Å². The van der Waals surface area contributed by atoms with E-state index in [1.165, 1.54) is 14.2 Å². The van der Waals surface area contributed by atoms with Gasteiger partial charge in [0.25, 0.3) is 10.0 Å². The fourth-order valence-corrected chi connectivity index (χ4v) is 3.74. The molecule has 0 aliphatic heterocycles. The summed E-state index contributed by atoms with van der Waals surface area (Å²) in [7, 11) is -1.07. The third-order valence-corrected chi connectivity index (χ3v) is 5.84. The molecule has 6 heteroatoms. The van der Waals surface area contributed by atoms with Crippen LogP contribution in [0.5, 0.6) is 0 Å². The van der Waals surface area contributed by atoms with Gasteiger partial charge in [0.1, 0.15) is 0 Å². The Bertz CT molecular complexity index is 829. The molecule has 0 saturated carbocycles. The summed E-state index contributed by atoms with van der Waals surface area (Å²) >= 11 is 0. The molecule has 0 radical (unpaired) electrons. The summed E-state index contributed by atoms with van der Waals surface area (Å²) in [6.45, 7) is 2.12. The fraction of sp³-hybridized carbons (Fsp3) is 0.316. The molecule has 2 aromatic carbocycles. The summed E-state index contributed by atoms with van der Waals surface area (Å²) in [5.41, 5.74) is 1.60. The highest BCUT2D eigenvalue weighted by Crippen LogP contribution is 2.26. The molecule has 0 spiro atoms. The van der Waals surface area contributed by atoms with Crippen LogP contribution in [0.15, 0.2) is 53.4 Å². The molecule has 0 aromatic heterocycles. The third-order valence-electron chi connectivity index (χ3n) is 4.05. The van der Waals surface area contributed by atoms with Gasteiger partial charge in [0.15, 0.2) is 0 Å². The Morgan fingerprint density at radius 2 is 1.72 bits per heavy atom. The molecule has 5 nitrogen and oxygen atoms in total. The van der Waals surface area contributed by atoms with Crippen LogP contribution in [0.25, 0.3) is 0 Å². The molecule has 0 saturated heterocycles.